The normalized spacial score (nSPS) is 12.1. The van der Waals surface area contributed by atoms with E-state index < -0.39 is 23.7 Å². The first-order chi connectivity index (χ1) is 7.26. The molecular formula is C10H21ClN2O4. The Kier molecular flexibility index (Phi) is 8.79. The lowest BCUT2D eigenvalue weighted by Crippen LogP contribution is -2.44. The number of hydrogen-bond donors (Lipinski definition) is 2. The minimum absolute atomic E-state index is 0. The van der Waals surface area contributed by atoms with E-state index in [0.717, 1.165) is 0 Å². The molecule has 0 bridgehead atoms. The number of amides is 1. The molecule has 6 nitrogen and oxygen atoms in total. The molecule has 7 heteroatoms. The zero-order valence-electron chi connectivity index (χ0n) is 10.6. The summed E-state index contributed by atoms with van der Waals surface area (Å²) < 4.78 is 9.65. The van der Waals surface area contributed by atoms with Crippen molar-refractivity contribution in [2.75, 3.05) is 13.2 Å². The Hall–Kier alpha value is -1.01. The predicted octanol–water partition coefficient (Wildman–Crippen LogP) is 0.823. The third kappa shape index (κ3) is 9.89. The molecule has 102 valence electrons. The molecule has 0 saturated carbocycles. The monoisotopic (exact) mass is 268 g/mol. The van der Waals surface area contributed by atoms with Crippen LogP contribution in [0.1, 0.15) is 27.7 Å². The Morgan fingerprint density at radius 3 is 2.29 bits per heavy atom. The zero-order chi connectivity index (χ0) is 12.8. The summed E-state index contributed by atoms with van der Waals surface area (Å²) in [6, 6.07) is -0.868. The van der Waals surface area contributed by atoms with Crippen molar-refractivity contribution in [1.29, 1.82) is 0 Å². The standard InChI is InChI=1S/C10H20N2O4.ClH/c1-5-15-8(13)7(11)6-12-9(14)16-10(2,3)4;/h7H,5-6,11H2,1-4H3,(H,12,14);1H. The van der Waals surface area contributed by atoms with Crippen LogP contribution in [0.4, 0.5) is 4.79 Å². The Balaban J connectivity index is 0. The minimum Gasteiger partial charge on any atom is -0.465 e. The summed E-state index contributed by atoms with van der Waals surface area (Å²) in [6.45, 7) is 7.19. The number of nitrogens with one attached hydrogen (secondary N) is 1. The second-order valence-electron chi connectivity index (χ2n) is 4.24. The van der Waals surface area contributed by atoms with Gasteiger partial charge in [-0.2, -0.15) is 0 Å². The van der Waals surface area contributed by atoms with Gasteiger partial charge in [0.15, 0.2) is 0 Å². The molecule has 1 atom stereocenters. The lowest BCUT2D eigenvalue weighted by molar-refractivity contribution is -0.144. The lowest BCUT2D eigenvalue weighted by Gasteiger charge is -2.20. The van der Waals surface area contributed by atoms with Crippen molar-refractivity contribution in [1.82, 2.24) is 5.32 Å². The molecule has 3 N–H and O–H groups in total. The van der Waals surface area contributed by atoms with Crippen LogP contribution in [0.3, 0.4) is 0 Å². The smallest absolute Gasteiger partial charge is 0.407 e. The largest absolute Gasteiger partial charge is 0.465 e. The summed E-state index contributed by atoms with van der Waals surface area (Å²) in [5, 5.41) is 2.39. The van der Waals surface area contributed by atoms with Crippen molar-refractivity contribution in [3.8, 4) is 0 Å². The van der Waals surface area contributed by atoms with E-state index in [9.17, 15) is 9.59 Å². The summed E-state index contributed by atoms with van der Waals surface area (Å²) in [4.78, 5) is 22.3. The molecule has 0 saturated heterocycles. The fourth-order valence-electron chi connectivity index (χ4n) is 0.840. The van der Waals surface area contributed by atoms with Crippen molar-refractivity contribution in [3.63, 3.8) is 0 Å². The highest BCUT2D eigenvalue weighted by Gasteiger charge is 2.19. The fraction of sp³-hybridized carbons (Fsp3) is 0.800. The van der Waals surface area contributed by atoms with Gasteiger partial charge >= 0.3 is 12.1 Å². The number of alkyl carbamates (subject to hydrolysis) is 1. The van der Waals surface area contributed by atoms with Gasteiger partial charge in [-0.15, -0.1) is 12.4 Å². The van der Waals surface area contributed by atoms with Crippen LogP contribution in [0.5, 0.6) is 0 Å². The van der Waals surface area contributed by atoms with Gasteiger partial charge < -0.3 is 20.5 Å². The Morgan fingerprint density at radius 2 is 1.88 bits per heavy atom. The van der Waals surface area contributed by atoms with Crippen LogP contribution >= 0.6 is 12.4 Å². The van der Waals surface area contributed by atoms with Gasteiger partial charge in [0, 0.05) is 6.54 Å². The van der Waals surface area contributed by atoms with Gasteiger partial charge in [-0.1, -0.05) is 0 Å². The number of hydrogen-bond acceptors (Lipinski definition) is 5. The van der Waals surface area contributed by atoms with E-state index >= 15 is 0 Å². The number of carbonyl (C=O) groups excluding carboxylic acids is 2. The van der Waals surface area contributed by atoms with Crippen LogP contribution in [0.25, 0.3) is 0 Å². The lowest BCUT2D eigenvalue weighted by atomic mass is 10.2. The van der Waals surface area contributed by atoms with Gasteiger partial charge in [-0.05, 0) is 27.7 Å². The summed E-state index contributed by atoms with van der Waals surface area (Å²) in [5.74, 6) is -0.543. The first-order valence-corrected chi connectivity index (χ1v) is 5.15. The van der Waals surface area contributed by atoms with E-state index in [2.05, 4.69) is 10.1 Å². The van der Waals surface area contributed by atoms with E-state index in [1.54, 1.807) is 27.7 Å². The molecule has 0 aromatic carbocycles. The first-order valence-electron chi connectivity index (χ1n) is 5.15. The highest BCUT2D eigenvalue weighted by atomic mass is 35.5. The van der Waals surface area contributed by atoms with Crippen LogP contribution in [0, 0.1) is 0 Å². The maximum atomic E-state index is 11.2. The van der Waals surface area contributed by atoms with Gasteiger partial charge in [0.1, 0.15) is 11.6 Å². The second kappa shape index (κ2) is 8.14. The molecule has 0 fully saturated rings. The first kappa shape index (κ1) is 18.4. The van der Waals surface area contributed by atoms with Crippen LogP contribution in [-0.4, -0.2) is 36.9 Å². The summed E-state index contributed by atoms with van der Waals surface area (Å²) in [5.41, 5.74) is 4.90. The molecule has 1 unspecified atom stereocenters. The zero-order valence-corrected chi connectivity index (χ0v) is 11.4. The fourth-order valence-corrected chi connectivity index (χ4v) is 0.840. The van der Waals surface area contributed by atoms with Crippen molar-refractivity contribution in [2.45, 2.75) is 39.3 Å². The van der Waals surface area contributed by atoms with Gasteiger partial charge in [-0.25, -0.2) is 4.79 Å². The Bertz CT molecular complexity index is 253. The molecule has 0 heterocycles. The predicted molar refractivity (Wildman–Crippen MR) is 66.1 cm³/mol. The average Bonchev–Trinajstić information content (AvgIpc) is 2.11. The van der Waals surface area contributed by atoms with Crippen molar-refractivity contribution >= 4 is 24.5 Å². The molecule has 0 aliphatic heterocycles. The van der Waals surface area contributed by atoms with Gasteiger partial charge in [0.25, 0.3) is 0 Å². The van der Waals surface area contributed by atoms with Gasteiger partial charge in [-0.3, -0.25) is 4.79 Å². The van der Waals surface area contributed by atoms with Crippen molar-refractivity contribution < 1.29 is 19.1 Å². The highest BCUT2D eigenvalue weighted by Crippen LogP contribution is 2.06. The molecule has 0 aromatic heterocycles. The number of nitrogens with two attached hydrogens (primary N) is 1. The number of rotatable bonds is 4. The number of ether oxygens (including phenoxy) is 2. The van der Waals surface area contributed by atoms with E-state index in [1.165, 1.54) is 0 Å². The highest BCUT2D eigenvalue weighted by molar-refractivity contribution is 5.85. The molecular weight excluding hydrogens is 248 g/mol. The average molecular weight is 269 g/mol. The van der Waals surface area contributed by atoms with Crippen LogP contribution in [0.15, 0.2) is 0 Å². The molecule has 1 amide bonds. The Labute approximate surface area is 108 Å². The molecule has 0 radical (unpaired) electrons. The van der Waals surface area contributed by atoms with E-state index in [1.807, 2.05) is 0 Å². The second-order valence-corrected chi connectivity index (χ2v) is 4.24. The van der Waals surface area contributed by atoms with E-state index in [-0.39, 0.29) is 25.6 Å². The molecule has 0 spiro atoms. The topological polar surface area (TPSA) is 90.6 Å². The quantitative estimate of drug-likeness (QED) is 0.737. The molecule has 0 rings (SSSR count). The number of esters is 1. The third-order valence-electron chi connectivity index (χ3n) is 1.45. The van der Waals surface area contributed by atoms with Crippen molar-refractivity contribution in [3.05, 3.63) is 0 Å². The van der Waals surface area contributed by atoms with Crippen LogP contribution in [0.2, 0.25) is 0 Å². The summed E-state index contributed by atoms with van der Waals surface area (Å²) in [6.07, 6.45) is -0.604. The van der Waals surface area contributed by atoms with Crippen LogP contribution in [-0.2, 0) is 14.3 Å². The summed E-state index contributed by atoms with van der Waals surface area (Å²) in [7, 11) is 0. The minimum atomic E-state index is -0.868. The Morgan fingerprint density at radius 1 is 1.35 bits per heavy atom. The van der Waals surface area contributed by atoms with Crippen LogP contribution < -0.4 is 11.1 Å². The molecule has 17 heavy (non-hydrogen) atoms. The van der Waals surface area contributed by atoms with Gasteiger partial charge in [0.2, 0.25) is 0 Å². The maximum Gasteiger partial charge on any atom is 0.407 e. The van der Waals surface area contributed by atoms with E-state index in [0.29, 0.717) is 0 Å². The third-order valence-corrected chi connectivity index (χ3v) is 1.45. The SMILES string of the molecule is CCOC(=O)C(N)CNC(=O)OC(C)(C)C.Cl. The molecule has 0 aliphatic rings. The number of carbonyl (C=O) groups is 2. The molecule has 0 aliphatic carbocycles. The van der Waals surface area contributed by atoms with Gasteiger partial charge in [0.05, 0.1) is 6.61 Å². The number of halogens is 1. The maximum absolute atomic E-state index is 11.2. The summed E-state index contributed by atoms with van der Waals surface area (Å²) >= 11 is 0. The van der Waals surface area contributed by atoms with Crippen molar-refractivity contribution in [2.24, 2.45) is 5.73 Å². The van der Waals surface area contributed by atoms with E-state index in [4.69, 9.17) is 10.5 Å². The molecule has 0 aromatic rings.